The van der Waals surface area contributed by atoms with E-state index in [4.69, 9.17) is 14.2 Å². The fourth-order valence-electron chi connectivity index (χ4n) is 1.93. The summed E-state index contributed by atoms with van der Waals surface area (Å²) in [6, 6.07) is 15.3. The van der Waals surface area contributed by atoms with Crippen LogP contribution in [0, 0.1) is 11.8 Å². The Kier molecular flexibility index (Phi) is 5.88. The molecule has 0 spiro atoms. The molecule has 1 atom stereocenters. The average molecular weight is 296 g/mol. The summed E-state index contributed by atoms with van der Waals surface area (Å²) in [6.45, 7) is 4.42. The molecule has 2 rings (SSSR count). The molecule has 0 bridgehead atoms. The lowest BCUT2D eigenvalue weighted by molar-refractivity contribution is -0.0614. The van der Waals surface area contributed by atoms with Gasteiger partial charge in [-0.15, -0.1) is 0 Å². The first-order chi connectivity index (χ1) is 10.7. The zero-order valence-corrected chi connectivity index (χ0v) is 13.1. The van der Waals surface area contributed by atoms with Gasteiger partial charge in [-0.2, -0.15) is 0 Å². The lowest BCUT2D eigenvalue weighted by Crippen LogP contribution is -2.16. The topological polar surface area (TPSA) is 27.7 Å². The van der Waals surface area contributed by atoms with Gasteiger partial charge in [-0.25, -0.2) is 0 Å². The van der Waals surface area contributed by atoms with Crippen LogP contribution in [0.5, 0.6) is 11.5 Å². The van der Waals surface area contributed by atoms with Gasteiger partial charge in [0.1, 0.15) is 11.5 Å². The fraction of sp³-hybridized carbons (Fsp3) is 0.263. The third-order valence-corrected chi connectivity index (χ3v) is 3.01. The molecule has 3 nitrogen and oxygen atoms in total. The van der Waals surface area contributed by atoms with Crippen LogP contribution in [0.1, 0.15) is 25.0 Å². The Morgan fingerprint density at radius 1 is 1.00 bits per heavy atom. The number of ether oxygens (including phenoxy) is 3. The van der Waals surface area contributed by atoms with Crippen molar-refractivity contribution in [2.45, 2.75) is 20.1 Å². The average Bonchev–Trinajstić information content (AvgIpc) is 2.55. The maximum atomic E-state index is 5.77. The monoisotopic (exact) mass is 296 g/mol. The molecule has 0 saturated heterocycles. The molecule has 0 aliphatic rings. The molecular weight excluding hydrogens is 276 g/mol. The minimum atomic E-state index is -0.297. The lowest BCUT2D eigenvalue weighted by Gasteiger charge is -2.15. The molecule has 0 aliphatic heterocycles. The molecule has 3 heteroatoms. The molecule has 0 radical (unpaired) electrons. The smallest absolute Gasteiger partial charge is 0.197 e. The van der Waals surface area contributed by atoms with Gasteiger partial charge >= 0.3 is 0 Å². The Labute approximate surface area is 131 Å². The third-order valence-electron chi connectivity index (χ3n) is 3.01. The summed E-state index contributed by atoms with van der Waals surface area (Å²) in [4.78, 5) is 0. The van der Waals surface area contributed by atoms with E-state index in [2.05, 4.69) is 11.8 Å². The van der Waals surface area contributed by atoms with Crippen molar-refractivity contribution in [1.82, 2.24) is 0 Å². The van der Waals surface area contributed by atoms with Crippen molar-refractivity contribution in [3.63, 3.8) is 0 Å². The van der Waals surface area contributed by atoms with Crippen molar-refractivity contribution in [3.8, 4) is 23.3 Å². The SMILES string of the molecule is CCOC(C)Oc1ccccc1C#Cc1ccc(OC)cc1. The summed E-state index contributed by atoms with van der Waals surface area (Å²) in [6.07, 6.45) is -0.297. The quantitative estimate of drug-likeness (QED) is 0.619. The van der Waals surface area contributed by atoms with Crippen molar-refractivity contribution in [2.24, 2.45) is 0 Å². The maximum absolute atomic E-state index is 5.77. The van der Waals surface area contributed by atoms with Gasteiger partial charge in [0.15, 0.2) is 6.29 Å². The van der Waals surface area contributed by atoms with Gasteiger partial charge in [-0.3, -0.25) is 0 Å². The number of methoxy groups -OCH3 is 1. The van der Waals surface area contributed by atoms with Gasteiger partial charge in [0, 0.05) is 12.2 Å². The Morgan fingerprint density at radius 2 is 1.73 bits per heavy atom. The van der Waals surface area contributed by atoms with Crippen LogP contribution >= 0.6 is 0 Å². The van der Waals surface area contributed by atoms with E-state index in [9.17, 15) is 0 Å². The fourth-order valence-corrected chi connectivity index (χ4v) is 1.93. The summed E-state index contributed by atoms with van der Waals surface area (Å²) in [5, 5.41) is 0. The van der Waals surface area contributed by atoms with Crippen molar-refractivity contribution < 1.29 is 14.2 Å². The highest BCUT2D eigenvalue weighted by Crippen LogP contribution is 2.19. The minimum Gasteiger partial charge on any atom is -0.497 e. The molecule has 22 heavy (non-hydrogen) atoms. The molecule has 0 N–H and O–H groups in total. The summed E-state index contributed by atoms with van der Waals surface area (Å²) >= 11 is 0. The number of hydrogen-bond acceptors (Lipinski definition) is 3. The van der Waals surface area contributed by atoms with E-state index in [1.54, 1.807) is 7.11 Å². The van der Waals surface area contributed by atoms with Gasteiger partial charge in [-0.1, -0.05) is 24.0 Å². The minimum absolute atomic E-state index is 0.297. The van der Waals surface area contributed by atoms with Crippen molar-refractivity contribution >= 4 is 0 Å². The summed E-state index contributed by atoms with van der Waals surface area (Å²) in [7, 11) is 1.65. The second-order valence-electron chi connectivity index (χ2n) is 4.62. The van der Waals surface area contributed by atoms with E-state index in [0.29, 0.717) is 6.61 Å². The van der Waals surface area contributed by atoms with E-state index in [0.717, 1.165) is 22.6 Å². The van der Waals surface area contributed by atoms with Crippen LogP contribution < -0.4 is 9.47 Å². The van der Waals surface area contributed by atoms with E-state index < -0.39 is 0 Å². The summed E-state index contributed by atoms with van der Waals surface area (Å²) in [5.74, 6) is 7.82. The van der Waals surface area contributed by atoms with Gasteiger partial charge in [0.25, 0.3) is 0 Å². The lowest BCUT2D eigenvalue weighted by atomic mass is 10.1. The van der Waals surface area contributed by atoms with Crippen LogP contribution in [0.2, 0.25) is 0 Å². The number of hydrogen-bond donors (Lipinski definition) is 0. The predicted molar refractivity (Wildman–Crippen MR) is 87.1 cm³/mol. The van der Waals surface area contributed by atoms with Crippen molar-refractivity contribution in [1.29, 1.82) is 0 Å². The molecule has 0 heterocycles. The molecule has 114 valence electrons. The Balaban J connectivity index is 2.17. The van der Waals surface area contributed by atoms with Crippen LogP contribution in [-0.4, -0.2) is 20.0 Å². The van der Waals surface area contributed by atoms with Crippen molar-refractivity contribution in [3.05, 3.63) is 59.7 Å². The zero-order valence-electron chi connectivity index (χ0n) is 13.1. The Hall–Kier alpha value is -2.44. The molecule has 0 fully saturated rings. The highest BCUT2D eigenvalue weighted by molar-refractivity contribution is 5.50. The predicted octanol–water partition coefficient (Wildman–Crippen LogP) is 3.86. The van der Waals surface area contributed by atoms with Crippen LogP contribution in [0.3, 0.4) is 0 Å². The molecule has 0 amide bonds. The van der Waals surface area contributed by atoms with Crippen LogP contribution in [-0.2, 0) is 4.74 Å². The standard InChI is InChI=1S/C19H20O3/c1-4-21-15(2)22-19-8-6-5-7-17(19)12-9-16-10-13-18(20-3)14-11-16/h5-8,10-11,13-15H,4H2,1-3H3. The van der Waals surface area contributed by atoms with Gasteiger partial charge in [0.2, 0.25) is 0 Å². The summed E-state index contributed by atoms with van der Waals surface area (Å²) in [5.41, 5.74) is 1.76. The largest absolute Gasteiger partial charge is 0.497 e. The highest BCUT2D eigenvalue weighted by atomic mass is 16.7. The first-order valence-electron chi connectivity index (χ1n) is 7.26. The number of para-hydroxylation sites is 1. The molecule has 2 aromatic carbocycles. The normalized spacial score (nSPS) is 11.2. The second kappa shape index (κ2) is 8.11. The van der Waals surface area contributed by atoms with Crippen molar-refractivity contribution in [2.75, 3.05) is 13.7 Å². The molecule has 0 aliphatic carbocycles. The van der Waals surface area contributed by atoms with E-state index in [-0.39, 0.29) is 6.29 Å². The maximum Gasteiger partial charge on any atom is 0.197 e. The van der Waals surface area contributed by atoms with Crippen LogP contribution in [0.25, 0.3) is 0 Å². The second-order valence-corrected chi connectivity index (χ2v) is 4.62. The van der Waals surface area contributed by atoms with Gasteiger partial charge in [-0.05, 0) is 50.2 Å². The van der Waals surface area contributed by atoms with Gasteiger partial charge in [0.05, 0.1) is 12.7 Å². The summed E-state index contributed by atoms with van der Waals surface area (Å²) < 4.78 is 16.3. The molecular formula is C19H20O3. The molecule has 0 aromatic heterocycles. The number of benzene rings is 2. The first kappa shape index (κ1) is 15.9. The molecule has 2 aromatic rings. The van der Waals surface area contributed by atoms with Gasteiger partial charge < -0.3 is 14.2 Å². The Morgan fingerprint density at radius 3 is 2.41 bits per heavy atom. The number of rotatable bonds is 5. The van der Waals surface area contributed by atoms with Crippen LogP contribution in [0.4, 0.5) is 0 Å². The van der Waals surface area contributed by atoms with Crippen LogP contribution in [0.15, 0.2) is 48.5 Å². The Bertz CT molecular complexity index is 650. The highest BCUT2D eigenvalue weighted by Gasteiger charge is 2.06. The molecule has 1 unspecified atom stereocenters. The van der Waals surface area contributed by atoms with E-state index in [1.807, 2.05) is 62.4 Å². The van der Waals surface area contributed by atoms with E-state index >= 15 is 0 Å². The third kappa shape index (κ3) is 4.54. The van der Waals surface area contributed by atoms with E-state index in [1.165, 1.54) is 0 Å². The molecule has 0 saturated carbocycles. The zero-order chi connectivity index (χ0) is 15.8. The first-order valence-corrected chi connectivity index (χ1v) is 7.26.